The molecule has 1 aromatic carbocycles. The lowest BCUT2D eigenvalue weighted by Gasteiger charge is -2.24. The van der Waals surface area contributed by atoms with Crippen LogP contribution in [0.3, 0.4) is 0 Å². The zero-order valence-corrected chi connectivity index (χ0v) is 11.4. The van der Waals surface area contributed by atoms with Crippen molar-refractivity contribution in [1.29, 1.82) is 5.26 Å². The number of thiocarbonyl (C=S) groups is 1. The predicted octanol–water partition coefficient (Wildman–Crippen LogP) is 1.36. The second kappa shape index (κ2) is 5.26. The Labute approximate surface area is 116 Å². The minimum absolute atomic E-state index is 0.292. The molecule has 0 saturated heterocycles. The van der Waals surface area contributed by atoms with E-state index in [0.717, 1.165) is 22.2 Å². The molecule has 5 nitrogen and oxygen atoms in total. The third-order valence-electron chi connectivity index (χ3n) is 3.12. The van der Waals surface area contributed by atoms with Crippen molar-refractivity contribution in [3.05, 3.63) is 29.5 Å². The Morgan fingerprint density at radius 1 is 1.53 bits per heavy atom. The zero-order valence-electron chi connectivity index (χ0n) is 10.6. The minimum atomic E-state index is 0.292. The van der Waals surface area contributed by atoms with E-state index in [4.69, 9.17) is 28.9 Å². The number of anilines is 1. The molecule has 0 fully saturated rings. The fraction of sp³-hybridized carbons (Fsp3) is 0.231. The molecule has 2 aromatic rings. The molecule has 0 spiro atoms. The molecule has 0 unspecified atom stereocenters. The van der Waals surface area contributed by atoms with Gasteiger partial charge < -0.3 is 21.4 Å². The number of nitrogens with zero attached hydrogens (tertiary/aromatic N) is 2. The fourth-order valence-electron chi connectivity index (χ4n) is 2.20. The first-order valence-corrected chi connectivity index (χ1v) is 6.28. The largest absolute Gasteiger partial charge is 0.376 e. The van der Waals surface area contributed by atoms with Gasteiger partial charge >= 0.3 is 0 Å². The SMILES string of the molecule is Cc1c(N(CCN)C(N)=S)ccc2c(C#N)c[nH]c12. The standard InChI is InChI=1S/C13H15N5S/c1-8-11(18(5-4-14)13(16)19)3-2-10-9(6-15)7-17-12(8)10/h2-3,7,17H,4-5,14H2,1H3,(H2,16,19). The predicted molar refractivity (Wildman–Crippen MR) is 80.9 cm³/mol. The van der Waals surface area contributed by atoms with Gasteiger partial charge in [-0.3, -0.25) is 0 Å². The quantitative estimate of drug-likeness (QED) is 0.734. The summed E-state index contributed by atoms with van der Waals surface area (Å²) in [6.45, 7) is 2.99. The molecular weight excluding hydrogens is 258 g/mol. The van der Waals surface area contributed by atoms with Gasteiger partial charge in [0.25, 0.3) is 0 Å². The molecule has 0 amide bonds. The number of aromatic nitrogens is 1. The molecular formula is C13H15N5S. The molecule has 0 atom stereocenters. The third kappa shape index (κ3) is 2.26. The lowest BCUT2D eigenvalue weighted by molar-refractivity contribution is 0.941. The average Bonchev–Trinajstić information content (AvgIpc) is 2.80. The number of nitrogens with two attached hydrogens (primary N) is 2. The lowest BCUT2D eigenvalue weighted by Crippen LogP contribution is -2.39. The van der Waals surface area contributed by atoms with Crippen molar-refractivity contribution in [2.75, 3.05) is 18.0 Å². The summed E-state index contributed by atoms with van der Waals surface area (Å²) >= 11 is 5.06. The van der Waals surface area contributed by atoms with Crippen LogP contribution in [0, 0.1) is 18.3 Å². The van der Waals surface area contributed by atoms with Crippen molar-refractivity contribution in [1.82, 2.24) is 4.98 Å². The second-order valence-electron chi connectivity index (χ2n) is 4.22. The first-order valence-electron chi connectivity index (χ1n) is 5.88. The first-order chi connectivity index (χ1) is 9.10. The van der Waals surface area contributed by atoms with Crippen LogP contribution in [0.2, 0.25) is 0 Å². The molecule has 1 heterocycles. The van der Waals surface area contributed by atoms with Crippen LogP contribution in [0.25, 0.3) is 10.9 Å². The normalized spacial score (nSPS) is 10.4. The van der Waals surface area contributed by atoms with Gasteiger partial charge in [0.2, 0.25) is 0 Å². The van der Waals surface area contributed by atoms with Crippen molar-refractivity contribution < 1.29 is 0 Å². The van der Waals surface area contributed by atoms with Gasteiger partial charge in [-0.05, 0) is 36.8 Å². The van der Waals surface area contributed by atoms with E-state index in [1.54, 1.807) is 11.1 Å². The molecule has 5 N–H and O–H groups in total. The van der Waals surface area contributed by atoms with E-state index < -0.39 is 0 Å². The molecule has 1 aromatic heterocycles. The number of hydrogen-bond donors (Lipinski definition) is 3. The van der Waals surface area contributed by atoms with Gasteiger partial charge in [-0.1, -0.05) is 0 Å². The number of aromatic amines is 1. The summed E-state index contributed by atoms with van der Waals surface area (Å²) in [6, 6.07) is 5.97. The van der Waals surface area contributed by atoms with Gasteiger partial charge in [0.05, 0.1) is 11.1 Å². The van der Waals surface area contributed by atoms with Gasteiger partial charge in [0, 0.05) is 30.4 Å². The molecule has 6 heteroatoms. The molecule has 98 valence electrons. The number of benzene rings is 1. The highest BCUT2D eigenvalue weighted by Gasteiger charge is 2.15. The second-order valence-corrected chi connectivity index (χ2v) is 4.64. The molecule has 0 radical (unpaired) electrons. The van der Waals surface area contributed by atoms with Gasteiger partial charge in [0.1, 0.15) is 6.07 Å². The summed E-state index contributed by atoms with van der Waals surface area (Å²) in [7, 11) is 0. The number of H-pyrrole nitrogens is 1. The van der Waals surface area contributed by atoms with Crippen LogP contribution in [0.5, 0.6) is 0 Å². The van der Waals surface area contributed by atoms with Gasteiger partial charge in [-0.15, -0.1) is 0 Å². The highest BCUT2D eigenvalue weighted by atomic mass is 32.1. The molecule has 0 aliphatic rings. The summed E-state index contributed by atoms with van der Waals surface area (Å²) in [5.74, 6) is 0. The Morgan fingerprint density at radius 3 is 2.84 bits per heavy atom. The molecule has 0 bridgehead atoms. The number of hydrogen-bond acceptors (Lipinski definition) is 3. The monoisotopic (exact) mass is 273 g/mol. The van der Waals surface area contributed by atoms with E-state index in [1.165, 1.54) is 0 Å². The maximum atomic E-state index is 9.03. The Balaban J connectivity index is 2.59. The topological polar surface area (TPSA) is 94.9 Å². The number of nitriles is 1. The van der Waals surface area contributed by atoms with Crippen LogP contribution in [0.1, 0.15) is 11.1 Å². The van der Waals surface area contributed by atoms with Crippen LogP contribution in [-0.4, -0.2) is 23.2 Å². The van der Waals surface area contributed by atoms with E-state index in [0.29, 0.717) is 23.8 Å². The van der Waals surface area contributed by atoms with E-state index in [2.05, 4.69) is 11.1 Å². The summed E-state index contributed by atoms with van der Waals surface area (Å²) in [4.78, 5) is 4.92. The Morgan fingerprint density at radius 2 is 2.26 bits per heavy atom. The Hall–Kier alpha value is -2.10. The number of rotatable bonds is 3. The molecule has 2 rings (SSSR count). The lowest BCUT2D eigenvalue weighted by atomic mass is 10.1. The Bertz CT molecular complexity index is 667. The Kier molecular flexibility index (Phi) is 3.69. The summed E-state index contributed by atoms with van der Waals surface area (Å²) in [5.41, 5.74) is 14.8. The maximum absolute atomic E-state index is 9.03. The molecule has 0 saturated carbocycles. The van der Waals surface area contributed by atoms with E-state index >= 15 is 0 Å². The smallest absolute Gasteiger partial charge is 0.170 e. The van der Waals surface area contributed by atoms with E-state index in [-0.39, 0.29) is 0 Å². The van der Waals surface area contributed by atoms with Crippen LogP contribution < -0.4 is 16.4 Å². The fourth-order valence-corrected chi connectivity index (χ4v) is 2.39. The number of aryl methyl sites for hydroxylation is 1. The third-order valence-corrected chi connectivity index (χ3v) is 3.34. The van der Waals surface area contributed by atoms with Gasteiger partial charge in [-0.25, -0.2) is 0 Å². The summed E-state index contributed by atoms with van der Waals surface area (Å²) in [5, 5.41) is 10.2. The highest BCUT2D eigenvalue weighted by Crippen LogP contribution is 2.29. The average molecular weight is 273 g/mol. The van der Waals surface area contributed by atoms with Crippen molar-refractivity contribution in [2.45, 2.75) is 6.92 Å². The van der Waals surface area contributed by atoms with Gasteiger partial charge in [0.15, 0.2) is 5.11 Å². The number of fused-ring (bicyclic) bond motifs is 1. The summed E-state index contributed by atoms with van der Waals surface area (Å²) in [6.07, 6.45) is 1.70. The highest BCUT2D eigenvalue weighted by molar-refractivity contribution is 7.80. The van der Waals surface area contributed by atoms with Crippen LogP contribution >= 0.6 is 12.2 Å². The first kappa shape index (κ1) is 13.3. The van der Waals surface area contributed by atoms with Crippen molar-refractivity contribution in [2.24, 2.45) is 11.5 Å². The van der Waals surface area contributed by atoms with Crippen molar-refractivity contribution >= 4 is 33.9 Å². The van der Waals surface area contributed by atoms with Crippen LogP contribution in [0.15, 0.2) is 18.3 Å². The van der Waals surface area contributed by atoms with Gasteiger partial charge in [-0.2, -0.15) is 5.26 Å². The molecule has 0 aliphatic heterocycles. The number of nitrogens with one attached hydrogen (secondary N) is 1. The molecule has 19 heavy (non-hydrogen) atoms. The van der Waals surface area contributed by atoms with E-state index in [1.807, 2.05) is 19.1 Å². The molecule has 0 aliphatic carbocycles. The zero-order chi connectivity index (χ0) is 14.0. The maximum Gasteiger partial charge on any atom is 0.170 e. The van der Waals surface area contributed by atoms with E-state index in [9.17, 15) is 0 Å². The van der Waals surface area contributed by atoms with Crippen LogP contribution in [-0.2, 0) is 0 Å². The van der Waals surface area contributed by atoms with Crippen LogP contribution in [0.4, 0.5) is 5.69 Å². The van der Waals surface area contributed by atoms with Crippen molar-refractivity contribution in [3.8, 4) is 6.07 Å². The van der Waals surface area contributed by atoms with Crippen molar-refractivity contribution in [3.63, 3.8) is 0 Å². The minimum Gasteiger partial charge on any atom is -0.376 e. The summed E-state index contributed by atoms with van der Waals surface area (Å²) < 4.78 is 0.